The van der Waals surface area contributed by atoms with Crippen LogP contribution in [0.4, 0.5) is 20.3 Å². The highest BCUT2D eigenvalue weighted by Gasteiger charge is 2.36. The second-order valence-electron chi connectivity index (χ2n) is 9.77. The Bertz CT molecular complexity index is 1480. The molecule has 0 atom stereocenters. The molecule has 40 heavy (non-hydrogen) atoms. The predicted molar refractivity (Wildman–Crippen MR) is 141 cm³/mol. The minimum Gasteiger partial charge on any atom is -0.493 e. The lowest BCUT2D eigenvalue weighted by Gasteiger charge is -2.46. The van der Waals surface area contributed by atoms with Crippen LogP contribution < -0.4 is 19.1 Å². The van der Waals surface area contributed by atoms with Crippen LogP contribution in [0.5, 0.6) is 11.5 Å². The number of nitrogens with zero attached hydrogens (tertiary/aromatic N) is 6. The fraction of sp³-hybridized carbons (Fsp3) is 0.407. The van der Waals surface area contributed by atoms with Gasteiger partial charge in [-0.2, -0.15) is 5.10 Å². The Morgan fingerprint density at radius 1 is 1.00 bits per heavy atom. The number of anilines is 2. The largest absolute Gasteiger partial charge is 0.493 e. The summed E-state index contributed by atoms with van der Waals surface area (Å²) in [5.74, 6) is -1.68. The summed E-state index contributed by atoms with van der Waals surface area (Å²) < 4.78 is 54.7. The van der Waals surface area contributed by atoms with Crippen molar-refractivity contribution in [2.24, 2.45) is 7.05 Å². The van der Waals surface area contributed by atoms with Crippen LogP contribution in [-0.4, -0.2) is 90.8 Å². The molecule has 4 aromatic rings. The van der Waals surface area contributed by atoms with E-state index < -0.39 is 11.6 Å². The molecule has 0 spiro atoms. The van der Waals surface area contributed by atoms with Gasteiger partial charge in [-0.3, -0.25) is 9.88 Å². The van der Waals surface area contributed by atoms with Crippen molar-refractivity contribution in [2.75, 3.05) is 58.6 Å². The smallest absolute Gasteiger partial charge is 0.204 e. The van der Waals surface area contributed by atoms with E-state index in [4.69, 9.17) is 28.9 Å². The second-order valence-corrected chi connectivity index (χ2v) is 9.77. The number of nitrogens with one attached hydrogen (secondary N) is 1. The van der Waals surface area contributed by atoms with Crippen molar-refractivity contribution >= 4 is 22.7 Å². The average molecular weight is 555 g/mol. The van der Waals surface area contributed by atoms with Gasteiger partial charge in [-0.15, -0.1) is 4.68 Å². The van der Waals surface area contributed by atoms with Gasteiger partial charge in [0.2, 0.25) is 6.20 Å². The van der Waals surface area contributed by atoms with Gasteiger partial charge in [0.05, 0.1) is 76.4 Å². The average Bonchev–Trinajstić information content (AvgIpc) is 3.34. The highest BCUT2D eigenvalue weighted by Crippen LogP contribution is 2.40. The fourth-order valence-electron chi connectivity index (χ4n) is 4.93. The molecule has 2 fully saturated rings. The molecule has 6 rings (SSSR count). The molecular formula is C27H30F2N7O4+. The highest BCUT2D eigenvalue weighted by atomic mass is 19.1. The maximum Gasteiger partial charge on any atom is 0.204 e. The van der Waals surface area contributed by atoms with E-state index in [9.17, 15) is 0 Å². The normalized spacial score (nSPS) is 15.8. The summed E-state index contributed by atoms with van der Waals surface area (Å²) in [5, 5.41) is 3.06. The molecule has 1 N–H and O–H groups in total. The number of halogens is 2. The third-order valence-electron chi connectivity index (χ3n) is 7.30. The Labute approximate surface area is 229 Å². The van der Waals surface area contributed by atoms with Crippen LogP contribution in [0.3, 0.4) is 0 Å². The van der Waals surface area contributed by atoms with Crippen LogP contribution in [-0.2, 0) is 16.5 Å². The van der Waals surface area contributed by atoms with E-state index in [0.29, 0.717) is 55.6 Å². The first-order valence-corrected chi connectivity index (χ1v) is 12.9. The van der Waals surface area contributed by atoms with Gasteiger partial charge in [-0.05, 0) is 12.1 Å². The molecule has 0 saturated carbocycles. The molecule has 13 heteroatoms. The quantitative estimate of drug-likeness (QED) is 0.296. The first-order valence-electron chi connectivity index (χ1n) is 12.9. The molecule has 2 aliphatic rings. The summed E-state index contributed by atoms with van der Waals surface area (Å²) in [6.07, 6.45) is 5.35. The standard InChI is InChI=1S/C27H29F2N7O4/c1-34-11-16(9-31-34)20-10-30-19-4-5-23(33-27(19)32-20)36(7-6-35(17-12-39-13-17)18-14-40-15-18)26-24(28)21(37-2)8-22(38-3)25(26)29/h4-5,8-11,17-18H,6-7,12-15H2,1-3H3/p+1. The molecule has 0 radical (unpaired) electrons. The number of aryl methyl sites for hydroxylation is 1. The summed E-state index contributed by atoms with van der Waals surface area (Å²) in [4.78, 5) is 17.7. The van der Waals surface area contributed by atoms with E-state index in [0.717, 1.165) is 5.56 Å². The number of methoxy groups -OCH3 is 2. The number of fused-ring (bicyclic) bond motifs is 1. The number of hydrogen-bond acceptors (Lipinski definition) is 9. The summed E-state index contributed by atoms with van der Waals surface area (Å²) in [7, 11) is 4.52. The highest BCUT2D eigenvalue weighted by molar-refractivity contribution is 5.77. The minimum atomic E-state index is -0.854. The molecule has 2 saturated heterocycles. The number of benzene rings is 1. The minimum absolute atomic E-state index is 0.141. The maximum absolute atomic E-state index is 15.8. The molecule has 1 aromatic carbocycles. The van der Waals surface area contributed by atoms with Crippen LogP contribution in [0.1, 0.15) is 0 Å². The lowest BCUT2D eigenvalue weighted by Crippen LogP contribution is -2.60. The van der Waals surface area contributed by atoms with Gasteiger partial charge in [0.1, 0.15) is 17.0 Å². The Morgan fingerprint density at radius 3 is 2.23 bits per heavy atom. The van der Waals surface area contributed by atoms with Crippen molar-refractivity contribution in [3.05, 3.63) is 48.4 Å². The van der Waals surface area contributed by atoms with Crippen LogP contribution in [0.15, 0.2) is 36.8 Å². The monoisotopic (exact) mass is 554 g/mol. The zero-order valence-electron chi connectivity index (χ0n) is 22.4. The van der Waals surface area contributed by atoms with E-state index in [1.54, 1.807) is 23.0 Å². The number of H-pyrrole nitrogens is 1. The van der Waals surface area contributed by atoms with Crippen molar-refractivity contribution < 1.29 is 32.4 Å². The summed E-state index contributed by atoms with van der Waals surface area (Å²) in [5.41, 5.74) is 2.02. The Balaban J connectivity index is 1.43. The summed E-state index contributed by atoms with van der Waals surface area (Å²) >= 11 is 0. The topological polar surface area (TPSA) is 102 Å². The molecule has 11 nitrogen and oxygen atoms in total. The van der Waals surface area contributed by atoms with Crippen molar-refractivity contribution in [2.45, 2.75) is 12.1 Å². The number of pyridine rings is 1. The van der Waals surface area contributed by atoms with Crippen LogP contribution in [0.25, 0.3) is 22.4 Å². The lowest BCUT2D eigenvalue weighted by atomic mass is 10.1. The van der Waals surface area contributed by atoms with E-state index in [2.05, 4.69) is 15.0 Å². The van der Waals surface area contributed by atoms with Crippen molar-refractivity contribution in [1.82, 2.24) is 25.0 Å². The van der Waals surface area contributed by atoms with Gasteiger partial charge in [0.25, 0.3) is 0 Å². The molecular weight excluding hydrogens is 524 g/mol. The third-order valence-corrected chi connectivity index (χ3v) is 7.30. The number of rotatable bonds is 10. The fourth-order valence-corrected chi connectivity index (χ4v) is 4.93. The van der Waals surface area contributed by atoms with Crippen molar-refractivity contribution in [3.8, 4) is 22.8 Å². The van der Waals surface area contributed by atoms with Crippen LogP contribution >= 0.6 is 0 Å². The van der Waals surface area contributed by atoms with Crippen molar-refractivity contribution in [1.29, 1.82) is 0 Å². The molecule has 2 aliphatic heterocycles. The summed E-state index contributed by atoms with van der Waals surface area (Å²) in [6, 6.07) is 5.04. The number of aromatic amines is 1. The lowest BCUT2D eigenvalue weighted by molar-refractivity contribution is -0.726. The zero-order valence-corrected chi connectivity index (χ0v) is 22.4. The van der Waals surface area contributed by atoms with Gasteiger partial charge in [-0.1, -0.05) is 0 Å². The molecule has 0 unspecified atom stereocenters. The molecule has 0 bridgehead atoms. The number of ether oxygens (including phenoxy) is 4. The Kier molecular flexibility index (Phi) is 7.17. The number of aromatic nitrogens is 5. The predicted octanol–water partition coefficient (Wildman–Crippen LogP) is 2.38. The van der Waals surface area contributed by atoms with Gasteiger partial charge >= 0.3 is 0 Å². The van der Waals surface area contributed by atoms with Crippen LogP contribution in [0.2, 0.25) is 0 Å². The number of hydrogen-bond donors (Lipinski definition) is 1. The first kappa shape index (κ1) is 26.3. The third kappa shape index (κ3) is 4.80. The SMILES string of the molecule is COc1cc(OC)c(F)c(N(CCN(C2COC2)C2COC2)c2ccc3ncc(-c4c[nH][n+](C)c4)nc3n2)c1F. The molecule has 5 heterocycles. The van der Waals surface area contributed by atoms with E-state index >= 15 is 8.78 Å². The maximum atomic E-state index is 15.8. The summed E-state index contributed by atoms with van der Waals surface area (Å²) in [6.45, 7) is 3.14. The van der Waals surface area contributed by atoms with Crippen LogP contribution in [0, 0.1) is 11.6 Å². The molecule has 0 aliphatic carbocycles. The second kappa shape index (κ2) is 10.9. The van der Waals surface area contributed by atoms with Gasteiger partial charge in [0.15, 0.2) is 35.8 Å². The van der Waals surface area contributed by atoms with Gasteiger partial charge in [-0.25, -0.2) is 18.7 Å². The van der Waals surface area contributed by atoms with E-state index in [1.807, 2.05) is 19.4 Å². The van der Waals surface area contributed by atoms with Gasteiger partial charge in [0, 0.05) is 19.2 Å². The van der Waals surface area contributed by atoms with Crippen molar-refractivity contribution in [3.63, 3.8) is 0 Å². The van der Waals surface area contributed by atoms with E-state index in [1.165, 1.54) is 25.2 Å². The first-order chi connectivity index (χ1) is 19.5. The van der Waals surface area contributed by atoms with E-state index in [-0.39, 0.29) is 35.8 Å². The van der Waals surface area contributed by atoms with Gasteiger partial charge < -0.3 is 23.8 Å². The Morgan fingerprint density at radius 2 is 1.68 bits per heavy atom. The Hall–Kier alpha value is -3.94. The zero-order chi connectivity index (χ0) is 27.8. The molecule has 0 amide bonds. The molecule has 3 aromatic heterocycles. The molecule has 210 valence electrons.